The fourth-order valence-corrected chi connectivity index (χ4v) is 6.82. The van der Waals surface area contributed by atoms with Gasteiger partial charge in [-0.2, -0.15) is 0 Å². The van der Waals surface area contributed by atoms with Crippen LogP contribution in [0, 0.1) is 10.1 Å². The van der Waals surface area contributed by atoms with E-state index in [4.69, 9.17) is 9.47 Å². The van der Waals surface area contributed by atoms with Crippen LogP contribution in [-0.4, -0.2) is 56.9 Å². The predicted octanol–water partition coefficient (Wildman–Crippen LogP) is 4.57. The van der Waals surface area contributed by atoms with E-state index in [1.54, 1.807) is 23.6 Å². The van der Waals surface area contributed by atoms with Gasteiger partial charge in [0.05, 0.1) is 42.2 Å². The molecular weight excluding hydrogens is 608 g/mol. The molecule has 1 aliphatic carbocycles. The molecule has 0 saturated heterocycles. The quantitative estimate of drug-likeness (QED) is 0.0973. The highest BCUT2D eigenvalue weighted by molar-refractivity contribution is 7.99. The Morgan fingerprint density at radius 2 is 1.89 bits per heavy atom. The van der Waals surface area contributed by atoms with E-state index in [-0.39, 0.29) is 36.1 Å². The lowest BCUT2D eigenvalue weighted by atomic mass is 10.1. The summed E-state index contributed by atoms with van der Waals surface area (Å²) in [7, 11) is 1.53. The van der Waals surface area contributed by atoms with Crippen molar-refractivity contribution in [1.29, 1.82) is 0 Å². The zero-order valence-corrected chi connectivity index (χ0v) is 25.5. The zero-order chi connectivity index (χ0) is 31.2. The number of aromatic nitrogens is 3. The smallest absolute Gasteiger partial charge is 0.341 e. The van der Waals surface area contributed by atoms with E-state index in [1.807, 2.05) is 12.1 Å². The van der Waals surface area contributed by atoms with Crippen LogP contribution >= 0.6 is 23.1 Å². The highest BCUT2D eigenvalue weighted by Gasteiger charge is 2.28. The highest BCUT2D eigenvalue weighted by Crippen LogP contribution is 2.39. The maximum Gasteiger partial charge on any atom is 0.341 e. The monoisotopic (exact) mass is 636 g/mol. The second-order valence-electron chi connectivity index (χ2n) is 9.51. The Kier molecular flexibility index (Phi) is 9.55. The van der Waals surface area contributed by atoms with E-state index in [0.717, 1.165) is 41.5 Å². The summed E-state index contributed by atoms with van der Waals surface area (Å²) in [5.41, 5.74) is 2.11. The summed E-state index contributed by atoms with van der Waals surface area (Å²) in [6, 6.07) is 12.4. The summed E-state index contributed by atoms with van der Waals surface area (Å²) in [5, 5.41) is 26.0. The fourth-order valence-electron chi connectivity index (χ4n) is 4.77. The summed E-state index contributed by atoms with van der Waals surface area (Å²) < 4.78 is 12.5. The molecule has 0 radical (unpaired) electrons. The van der Waals surface area contributed by atoms with Crippen molar-refractivity contribution in [1.82, 2.24) is 20.1 Å². The molecule has 0 atom stereocenters. The van der Waals surface area contributed by atoms with Gasteiger partial charge in [0.1, 0.15) is 10.8 Å². The topological polar surface area (TPSA) is 168 Å². The molecule has 228 valence electrons. The van der Waals surface area contributed by atoms with Crippen molar-refractivity contribution in [2.45, 2.75) is 37.9 Å². The number of amides is 2. The number of fused-ring (bicyclic) bond motifs is 1. The molecule has 1 aliphatic rings. The molecule has 0 saturated carbocycles. The molecule has 2 amide bonds. The number of rotatable bonds is 12. The lowest BCUT2D eigenvalue weighted by Gasteiger charge is -2.14. The molecule has 2 aromatic heterocycles. The van der Waals surface area contributed by atoms with Crippen molar-refractivity contribution in [3.63, 3.8) is 0 Å². The minimum absolute atomic E-state index is 0.0305. The second kappa shape index (κ2) is 13.7. The van der Waals surface area contributed by atoms with Gasteiger partial charge in [0.25, 0.3) is 11.6 Å². The van der Waals surface area contributed by atoms with Crippen LogP contribution in [0.25, 0.3) is 5.69 Å². The number of nitrogens with zero attached hydrogens (tertiary/aromatic N) is 4. The molecular formula is C29H28N6O7S2. The van der Waals surface area contributed by atoms with E-state index in [9.17, 15) is 24.5 Å². The molecule has 5 rings (SSSR count). The zero-order valence-electron chi connectivity index (χ0n) is 23.8. The predicted molar refractivity (Wildman–Crippen MR) is 164 cm³/mol. The minimum atomic E-state index is -0.539. The van der Waals surface area contributed by atoms with Crippen LogP contribution < -0.4 is 15.4 Å². The lowest BCUT2D eigenvalue weighted by Crippen LogP contribution is -2.24. The number of ether oxygens (including phenoxy) is 2. The van der Waals surface area contributed by atoms with Crippen LogP contribution in [0.15, 0.2) is 53.7 Å². The highest BCUT2D eigenvalue weighted by atomic mass is 32.2. The number of thiophene rings is 1. The number of carbonyl (C=O) groups excluding carboxylic acids is 3. The summed E-state index contributed by atoms with van der Waals surface area (Å²) in [4.78, 5) is 50.1. The molecule has 2 heterocycles. The summed E-state index contributed by atoms with van der Waals surface area (Å²) >= 11 is 2.54. The average Bonchev–Trinajstić information content (AvgIpc) is 3.73. The number of nitro benzene ring substituents is 1. The molecule has 0 spiro atoms. The number of non-ortho nitro benzene ring substituents is 1. The van der Waals surface area contributed by atoms with E-state index in [1.165, 1.54) is 42.7 Å². The van der Waals surface area contributed by atoms with Crippen molar-refractivity contribution >= 4 is 51.6 Å². The van der Waals surface area contributed by atoms with Gasteiger partial charge >= 0.3 is 5.97 Å². The van der Waals surface area contributed by atoms with Gasteiger partial charge in [-0.15, -0.1) is 21.5 Å². The summed E-state index contributed by atoms with van der Waals surface area (Å²) in [5.74, 6) is -0.369. The van der Waals surface area contributed by atoms with E-state index in [0.29, 0.717) is 33.0 Å². The van der Waals surface area contributed by atoms with Gasteiger partial charge in [-0.25, -0.2) is 4.79 Å². The standard InChI is InChI=1S/C29H28N6O7S2/c1-3-42-28(38)25-19-7-6-10-22(19)44-27(25)31-24(36)16-43-29-33-32-23(34(29)20-8-4-5-9-21(20)41-2)15-30-26(37)17-11-13-18(14-12-17)35(39)40/h4-5,8-9,11-14H,3,6-7,10,15-16H2,1-2H3,(H,30,37)(H,31,36). The van der Waals surface area contributed by atoms with E-state index >= 15 is 0 Å². The number of esters is 1. The first-order chi connectivity index (χ1) is 21.3. The SMILES string of the molecule is CCOC(=O)c1c(NC(=O)CSc2nnc(CNC(=O)c3ccc([N+](=O)[O-])cc3)n2-c2ccccc2OC)sc2c1CCC2. The molecule has 0 aliphatic heterocycles. The second-order valence-corrected chi connectivity index (χ2v) is 11.6. The van der Waals surface area contributed by atoms with Gasteiger partial charge in [-0.05, 0) is 56.0 Å². The number of nitrogens with one attached hydrogen (secondary N) is 2. The lowest BCUT2D eigenvalue weighted by molar-refractivity contribution is -0.384. The number of anilines is 1. The first-order valence-corrected chi connectivity index (χ1v) is 15.5. The first kappa shape index (κ1) is 30.7. The van der Waals surface area contributed by atoms with Crippen molar-refractivity contribution in [2.24, 2.45) is 0 Å². The average molecular weight is 637 g/mol. The Morgan fingerprint density at radius 1 is 1.11 bits per heavy atom. The summed E-state index contributed by atoms with van der Waals surface area (Å²) in [6.07, 6.45) is 2.60. The maximum atomic E-state index is 13.1. The minimum Gasteiger partial charge on any atom is -0.495 e. The van der Waals surface area contributed by atoms with E-state index < -0.39 is 16.8 Å². The largest absolute Gasteiger partial charge is 0.495 e. The number of hydrogen-bond acceptors (Lipinski definition) is 11. The van der Waals surface area contributed by atoms with E-state index in [2.05, 4.69) is 20.8 Å². The Balaban J connectivity index is 1.34. The molecule has 2 aromatic carbocycles. The number of benzene rings is 2. The number of methoxy groups -OCH3 is 1. The van der Waals surface area contributed by atoms with Gasteiger partial charge in [0.2, 0.25) is 5.91 Å². The van der Waals surface area contributed by atoms with Gasteiger partial charge in [-0.3, -0.25) is 24.3 Å². The number of aryl methyl sites for hydroxylation is 1. The third-order valence-corrected chi connectivity index (χ3v) is 8.90. The van der Waals surface area contributed by atoms with Crippen molar-refractivity contribution in [3.05, 3.63) is 86.0 Å². The molecule has 4 aromatic rings. The van der Waals surface area contributed by atoms with Crippen molar-refractivity contribution in [3.8, 4) is 11.4 Å². The molecule has 0 fully saturated rings. The van der Waals surface area contributed by atoms with Gasteiger partial charge in [0, 0.05) is 22.6 Å². The number of hydrogen-bond donors (Lipinski definition) is 2. The number of para-hydroxylation sites is 2. The molecule has 13 nitrogen and oxygen atoms in total. The van der Waals surface area contributed by atoms with Gasteiger partial charge < -0.3 is 20.1 Å². The third kappa shape index (κ3) is 6.58. The molecule has 2 N–H and O–H groups in total. The van der Waals surface area contributed by atoms with Gasteiger partial charge in [0.15, 0.2) is 11.0 Å². The first-order valence-electron chi connectivity index (χ1n) is 13.6. The molecule has 0 bridgehead atoms. The summed E-state index contributed by atoms with van der Waals surface area (Å²) in [6.45, 7) is 1.95. The number of carbonyl (C=O) groups is 3. The number of thioether (sulfide) groups is 1. The molecule has 0 unspecified atom stereocenters. The Hall–Kier alpha value is -4.76. The number of nitro groups is 1. The Bertz CT molecular complexity index is 1720. The van der Waals surface area contributed by atoms with Crippen molar-refractivity contribution in [2.75, 3.05) is 24.8 Å². The molecule has 15 heteroatoms. The van der Waals surface area contributed by atoms with Crippen LogP contribution in [0.1, 0.15) is 50.3 Å². The van der Waals surface area contributed by atoms with Crippen LogP contribution in [0.4, 0.5) is 10.7 Å². The van der Waals surface area contributed by atoms with Crippen LogP contribution in [0.3, 0.4) is 0 Å². The Morgan fingerprint density at radius 3 is 2.61 bits per heavy atom. The van der Waals surface area contributed by atoms with Crippen LogP contribution in [0.2, 0.25) is 0 Å². The van der Waals surface area contributed by atoms with Crippen molar-refractivity contribution < 1.29 is 28.8 Å². The normalized spacial score (nSPS) is 12.0. The fraction of sp³-hybridized carbons (Fsp3) is 0.276. The third-order valence-electron chi connectivity index (χ3n) is 6.76. The van der Waals surface area contributed by atoms with Crippen LogP contribution in [0.5, 0.6) is 5.75 Å². The van der Waals surface area contributed by atoms with Gasteiger partial charge in [-0.1, -0.05) is 23.9 Å². The maximum absolute atomic E-state index is 13.1. The molecule has 44 heavy (non-hydrogen) atoms. The van der Waals surface area contributed by atoms with Crippen LogP contribution in [-0.2, 0) is 28.9 Å². The Labute approximate surface area is 260 Å².